The van der Waals surface area contributed by atoms with Crippen LogP contribution in [0.25, 0.3) is 11.4 Å². The third-order valence-electron chi connectivity index (χ3n) is 2.49. The van der Waals surface area contributed by atoms with Gasteiger partial charge in [-0.15, -0.1) is 0 Å². The molecule has 1 heterocycles. The number of nitrogens with zero attached hydrogens (tertiary/aromatic N) is 3. The molecule has 0 fully saturated rings. The van der Waals surface area contributed by atoms with Gasteiger partial charge in [-0.2, -0.15) is 4.98 Å². The Labute approximate surface area is 118 Å². The van der Waals surface area contributed by atoms with Crippen LogP contribution in [0.1, 0.15) is 0 Å². The SMILES string of the molecule is CN(C)CCOc1cc(Cl)nc(-c2ccccc2)n1. The molecule has 0 aliphatic heterocycles. The topological polar surface area (TPSA) is 38.2 Å². The van der Waals surface area contributed by atoms with Gasteiger partial charge in [0.15, 0.2) is 5.82 Å². The first-order valence-electron chi connectivity index (χ1n) is 6.02. The molecular formula is C14H16ClN3O. The second-order valence-electron chi connectivity index (χ2n) is 4.37. The zero-order chi connectivity index (χ0) is 13.7. The van der Waals surface area contributed by atoms with Gasteiger partial charge in [0.2, 0.25) is 5.88 Å². The summed E-state index contributed by atoms with van der Waals surface area (Å²) in [6.45, 7) is 1.39. The first-order valence-corrected chi connectivity index (χ1v) is 6.40. The standard InChI is InChI=1S/C14H16ClN3O/c1-18(2)8-9-19-13-10-12(15)16-14(17-13)11-6-4-3-5-7-11/h3-7,10H,8-9H2,1-2H3. The Morgan fingerprint density at radius 1 is 1.16 bits per heavy atom. The number of halogens is 1. The quantitative estimate of drug-likeness (QED) is 0.788. The molecule has 0 saturated carbocycles. The molecule has 2 rings (SSSR count). The summed E-state index contributed by atoms with van der Waals surface area (Å²) in [7, 11) is 3.98. The largest absolute Gasteiger partial charge is 0.476 e. The lowest BCUT2D eigenvalue weighted by Gasteiger charge is -2.11. The van der Waals surface area contributed by atoms with Gasteiger partial charge in [-0.1, -0.05) is 41.9 Å². The Hall–Kier alpha value is -1.65. The van der Waals surface area contributed by atoms with Crippen molar-refractivity contribution in [3.63, 3.8) is 0 Å². The Kier molecular flexibility index (Phi) is 4.71. The Morgan fingerprint density at radius 3 is 2.58 bits per heavy atom. The highest BCUT2D eigenvalue weighted by Gasteiger charge is 2.06. The van der Waals surface area contributed by atoms with E-state index in [0.717, 1.165) is 12.1 Å². The van der Waals surface area contributed by atoms with Crippen molar-refractivity contribution in [3.05, 3.63) is 41.6 Å². The van der Waals surface area contributed by atoms with Crippen molar-refractivity contribution >= 4 is 11.6 Å². The maximum Gasteiger partial charge on any atom is 0.218 e. The zero-order valence-corrected chi connectivity index (χ0v) is 11.8. The van der Waals surface area contributed by atoms with Crippen LogP contribution in [-0.2, 0) is 0 Å². The van der Waals surface area contributed by atoms with Crippen molar-refractivity contribution < 1.29 is 4.74 Å². The second kappa shape index (κ2) is 6.50. The van der Waals surface area contributed by atoms with Crippen molar-refractivity contribution in [1.82, 2.24) is 14.9 Å². The van der Waals surface area contributed by atoms with E-state index >= 15 is 0 Å². The summed E-state index contributed by atoms with van der Waals surface area (Å²) in [4.78, 5) is 10.6. The summed E-state index contributed by atoms with van der Waals surface area (Å²) < 4.78 is 5.58. The van der Waals surface area contributed by atoms with Crippen LogP contribution in [0.4, 0.5) is 0 Å². The summed E-state index contributed by atoms with van der Waals surface area (Å²) in [5, 5.41) is 0.383. The first kappa shape index (κ1) is 13.8. The van der Waals surface area contributed by atoms with Crippen LogP contribution in [0.15, 0.2) is 36.4 Å². The maximum atomic E-state index is 6.00. The molecule has 4 nitrogen and oxygen atoms in total. The van der Waals surface area contributed by atoms with E-state index in [-0.39, 0.29) is 0 Å². The van der Waals surface area contributed by atoms with Crippen LogP contribution < -0.4 is 4.74 Å². The summed E-state index contributed by atoms with van der Waals surface area (Å²) in [6.07, 6.45) is 0. The van der Waals surface area contributed by atoms with Gasteiger partial charge in [-0.25, -0.2) is 4.98 Å². The van der Waals surface area contributed by atoms with Crippen LogP contribution in [0, 0.1) is 0 Å². The van der Waals surface area contributed by atoms with Gasteiger partial charge in [0.05, 0.1) is 0 Å². The summed E-state index contributed by atoms with van der Waals surface area (Å²) >= 11 is 6.00. The molecule has 0 aliphatic carbocycles. The van der Waals surface area contributed by atoms with E-state index in [9.17, 15) is 0 Å². The molecule has 0 radical (unpaired) electrons. The fourth-order valence-electron chi connectivity index (χ4n) is 1.52. The van der Waals surface area contributed by atoms with Crippen LogP contribution >= 0.6 is 11.6 Å². The lowest BCUT2D eigenvalue weighted by molar-refractivity contribution is 0.254. The van der Waals surface area contributed by atoms with Crippen molar-refractivity contribution in [1.29, 1.82) is 0 Å². The molecule has 1 aromatic carbocycles. The lowest BCUT2D eigenvalue weighted by Crippen LogP contribution is -2.19. The minimum atomic E-state index is 0.383. The molecule has 0 amide bonds. The smallest absolute Gasteiger partial charge is 0.218 e. The highest BCUT2D eigenvalue weighted by atomic mass is 35.5. The van der Waals surface area contributed by atoms with Gasteiger partial charge in [0.25, 0.3) is 0 Å². The molecule has 5 heteroatoms. The highest BCUT2D eigenvalue weighted by Crippen LogP contribution is 2.21. The second-order valence-corrected chi connectivity index (χ2v) is 4.76. The molecule has 0 spiro atoms. The molecule has 2 aromatic rings. The number of ether oxygens (including phenoxy) is 1. The number of likely N-dealkylation sites (N-methyl/N-ethyl adjacent to an activating group) is 1. The van der Waals surface area contributed by atoms with Crippen molar-refractivity contribution in [2.24, 2.45) is 0 Å². The molecule has 0 N–H and O–H groups in total. The van der Waals surface area contributed by atoms with Gasteiger partial charge >= 0.3 is 0 Å². The highest BCUT2D eigenvalue weighted by molar-refractivity contribution is 6.29. The van der Waals surface area contributed by atoms with Crippen molar-refractivity contribution in [2.75, 3.05) is 27.2 Å². The van der Waals surface area contributed by atoms with Gasteiger partial charge in [-0.3, -0.25) is 0 Å². The molecule has 0 bridgehead atoms. The Bertz CT molecular complexity index is 531. The molecule has 1 aromatic heterocycles. The number of hydrogen-bond donors (Lipinski definition) is 0. The predicted molar refractivity (Wildman–Crippen MR) is 76.5 cm³/mol. The fraction of sp³-hybridized carbons (Fsp3) is 0.286. The van der Waals surface area contributed by atoms with Crippen LogP contribution in [0.3, 0.4) is 0 Å². The van der Waals surface area contributed by atoms with E-state index in [1.165, 1.54) is 0 Å². The van der Waals surface area contributed by atoms with Crippen LogP contribution in [0.2, 0.25) is 5.15 Å². The molecular weight excluding hydrogens is 262 g/mol. The van der Waals surface area contributed by atoms with Crippen molar-refractivity contribution in [2.45, 2.75) is 0 Å². The van der Waals surface area contributed by atoms with E-state index < -0.39 is 0 Å². The summed E-state index contributed by atoms with van der Waals surface area (Å²) in [5.41, 5.74) is 0.919. The average Bonchev–Trinajstić information content (AvgIpc) is 2.39. The molecule has 19 heavy (non-hydrogen) atoms. The maximum absolute atomic E-state index is 6.00. The summed E-state index contributed by atoms with van der Waals surface area (Å²) in [6, 6.07) is 11.3. The predicted octanol–water partition coefficient (Wildman–Crippen LogP) is 2.74. The Morgan fingerprint density at radius 2 is 1.89 bits per heavy atom. The van der Waals surface area contributed by atoms with Gasteiger partial charge in [0, 0.05) is 18.2 Å². The third kappa shape index (κ3) is 4.19. The van der Waals surface area contributed by atoms with E-state index in [2.05, 4.69) is 9.97 Å². The van der Waals surface area contributed by atoms with E-state index in [4.69, 9.17) is 16.3 Å². The number of hydrogen-bond acceptors (Lipinski definition) is 4. The van der Waals surface area contributed by atoms with E-state index in [1.54, 1.807) is 6.07 Å². The molecule has 0 aliphatic rings. The zero-order valence-electron chi connectivity index (χ0n) is 11.0. The van der Waals surface area contributed by atoms with Crippen LogP contribution in [0.5, 0.6) is 5.88 Å². The number of rotatable bonds is 5. The number of benzene rings is 1. The molecule has 100 valence electrons. The molecule has 0 atom stereocenters. The van der Waals surface area contributed by atoms with Gasteiger partial charge < -0.3 is 9.64 Å². The normalized spacial score (nSPS) is 10.7. The minimum absolute atomic E-state index is 0.383. The van der Waals surface area contributed by atoms with E-state index in [0.29, 0.717) is 23.5 Å². The van der Waals surface area contributed by atoms with Gasteiger partial charge in [0.1, 0.15) is 11.8 Å². The number of aromatic nitrogens is 2. The molecule has 0 saturated heterocycles. The fourth-order valence-corrected chi connectivity index (χ4v) is 1.69. The third-order valence-corrected chi connectivity index (χ3v) is 2.69. The van der Waals surface area contributed by atoms with Crippen LogP contribution in [-0.4, -0.2) is 42.1 Å². The average molecular weight is 278 g/mol. The Balaban J connectivity index is 2.16. The van der Waals surface area contributed by atoms with Crippen molar-refractivity contribution in [3.8, 4) is 17.3 Å². The first-order chi connectivity index (χ1) is 9.15. The molecule has 0 unspecified atom stereocenters. The minimum Gasteiger partial charge on any atom is -0.476 e. The summed E-state index contributed by atoms with van der Waals surface area (Å²) in [5.74, 6) is 1.08. The monoisotopic (exact) mass is 277 g/mol. The lowest BCUT2D eigenvalue weighted by atomic mass is 10.2. The van der Waals surface area contributed by atoms with E-state index in [1.807, 2.05) is 49.3 Å². The van der Waals surface area contributed by atoms with Gasteiger partial charge in [-0.05, 0) is 14.1 Å².